The zero-order valence-electron chi connectivity index (χ0n) is 8.13. The van der Waals surface area contributed by atoms with Gasteiger partial charge in [0.15, 0.2) is 0 Å². The second-order valence-corrected chi connectivity index (χ2v) is 1.92. The van der Waals surface area contributed by atoms with Crippen molar-refractivity contribution < 1.29 is 57.2 Å². The molecule has 0 aliphatic heterocycles. The first kappa shape index (κ1) is 19.1. The van der Waals surface area contributed by atoms with E-state index in [0.717, 1.165) is 0 Å². The Morgan fingerprint density at radius 2 is 0.769 bits per heavy atom. The van der Waals surface area contributed by atoms with Crippen LogP contribution < -0.4 is 37.7 Å². The molecule has 2 rings (SSSR count). The molecule has 0 radical (unpaired) electrons. The fraction of sp³-hybridized carbons (Fsp3) is 0. The number of hydrogen-bond acceptors (Lipinski definition) is 0. The van der Waals surface area contributed by atoms with Crippen LogP contribution in [0.25, 0.3) is 0 Å². The van der Waals surface area contributed by atoms with E-state index in [4.69, 9.17) is 0 Å². The molecule has 0 atom stereocenters. The van der Waals surface area contributed by atoms with Crippen LogP contribution in [0.4, 0.5) is 0 Å². The fourth-order valence-corrected chi connectivity index (χ4v) is 0.642. The Balaban J connectivity index is -0.000000125. The van der Waals surface area contributed by atoms with Gasteiger partial charge in [-0.05, 0) is 0 Å². The van der Waals surface area contributed by atoms with E-state index in [1.807, 2.05) is 60.7 Å². The Hall–Kier alpha value is 0.518. The summed E-state index contributed by atoms with van der Waals surface area (Å²) in [5, 5.41) is 0. The molecule has 0 unspecified atom stereocenters. The second-order valence-electron chi connectivity index (χ2n) is 1.92. The molecule has 2 aromatic rings. The minimum Gasteiger partial charge on any atom is -0.214 e. The van der Waals surface area contributed by atoms with Crippen LogP contribution in [0.15, 0.2) is 60.7 Å². The van der Waals surface area contributed by atoms with Crippen molar-refractivity contribution in [2.75, 3.05) is 0 Å². The van der Waals surface area contributed by atoms with Gasteiger partial charge < -0.3 is 0 Å². The van der Waals surface area contributed by atoms with Crippen LogP contribution in [-0.4, -0.2) is 0 Å². The number of rotatable bonds is 0. The summed E-state index contributed by atoms with van der Waals surface area (Å²) in [7, 11) is 0. The van der Waals surface area contributed by atoms with E-state index in [0.29, 0.717) is 0 Å². The standard InChI is InChI=1S/2C5H5.2Li.Ru/c2*1-2-4-5-3-1;;;/h2*1-5H;;;/q2*-1;2*+1;. The first-order valence-corrected chi connectivity index (χ1v) is 3.33. The van der Waals surface area contributed by atoms with Gasteiger partial charge in [0.05, 0.1) is 0 Å². The van der Waals surface area contributed by atoms with Gasteiger partial charge in [0.1, 0.15) is 0 Å². The maximum atomic E-state index is 2.00. The van der Waals surface area contributed by atoms with Crippen molar-refractivity contribution in [1.29, 1.82) is 0 Å². The molecule has 0 aliphatic rings. The van der Waals surface area contributed by atoms with Gasteiger partial charge in [-0.2, -0.15) is 36.4 Å². The van der Waals surface area contributed by atoms with Crippen molar-refractivity contribution in [3.05, 3.63) is 60.7 Å². The monoisotopic (exact) mass is 246 g/mol. The summed E-state index contributed by atoms with van der Waals surface area (Å²) in [6, 6.07) is 20.0. The summed E-state index contributed by atoms with van der Waals surface area (Å²) in [5.74, 6) is 0. The quantitative estimate of drug-likeness (QED) is 0.339. The van der Waals surface area contributed by atoms with Gasteiger partial charge in [-0.25, -0.2) is 24.3 Å². The second kappa shape index (κ2) is 15.0. The molecule has 0 N–H and O–H groups in total. The molecule has 0 saturated carbocycles. The molecule has 0 saturated heterocycles. The van der Waals surface area contributed by atoms with Crippen LogP contribution in [0.2, 0.25) is 0 Å². The largest absolute Gasteiger partial charge is 1.00 e. The smallest absolute Gasteiger partial charge is 0.214 e. The Kier molecular flexibility index (Phi) is 22.1. The summed E-state index contributed by atoms with van der Waals surface area (Å²) in [4.78, 5) is 0. The van der Waals surface area contributed by atoms with Crippen molar-refractivity contribution in [2.24, 2.45) is 0 Å². The summed E-state index contributed by atoms with van der Waals surface area (Å²) in [6.07, 6.45) is 0. The van der Waals surface area contributed by atoms with E-state index in [9.17, 15) is 0 Å². The Labute approximate surface area is 117 Å². The van der Waals surface area contributed by atoms with E-state index in [1.165, 1.54) is 0 Å². The number of hydrogen-bond donors (Lipinski definition) is 0. The van der Waals surface area contributed by atoms with Crippen LogP contribution in [0, 0.1) is 0 Å². The first-order chi connectivity index (χ1) is 5.00. The molecule has 60 valence electrons. The molecule has 0 aromatic heterocycles. The zero-order chi connectivity index (χ0) is 7.07. The Bertz CT molecular complexity index is 152. The van der Waals surface area contributed by atoms with Crippen LogP contribution in [-0.2, 0) is 19.5 Å². The van der Waals surface area contributed by atoms with Crippen molar-refractivity contribution in [2.45, 2.75) is 0 Å². The van der Waals surface area contributed by atoms with E-state index < -0.39 is 0 Å². The molecule has 0 heterocycles. The molecule has 3 heteroatoms. The van der Waals surface area contributed by atoms with Gasteiger partial charge in [0, 0.05) is 19.5 Å². The predicted octanol–water partition coefficient (Wildman–Crippen LogP) is -3.18. The SMILES string of the molecule is [Li+].[Li+].[Ru].c1cc[cH-]c1.c1cc[cH-]c1. The summed E-state index contributed by atoms with van der Waals surface area (Å²) in [5.41, 5.74) is 0. The van der Waals surface area contributed by atoms with Crippen LogP contribution >= 0.6 is 0 Å². The van der Waals surface area contributed by atoms with Gasteiger partial charge in [-0.1, -0.05) is 0 Å². The van der Waals surface area contributed by atoms with Gasteiger partial charge in [-0.3, -0.25) is 0 Å². The summed E-state index contributed by atoms with van der Waals surface area (Å²) < 4.78 is 0. The normalized spacial score (nSPS) is 6.15. The average Bonchev–Trinajstić information content (AvgIpc) is 2.67. The molecule has 0 fully saturated rings. The maximum Gasteiger partial charge on any atom is 1.00 e. The van der Waals surface area contributed by atoms with E-state index >= 15 is 0 Å². The minimum atomic E-state index is 0. The summed E-state index contributed by atoms with van der Waals surface area (Å²) >= 11 is 0. The third-order valence-corrected chi connectivity index (χ3v) is 1.11. The third-order valence-electron chi connectivity index (χ3n) is 1.11. The van der Waals surface area contributed by atoms with Gasteiger partial charge in [-0.15, -0.1) is 0 Å². The van der Waals surface area contributed by atoms with Gasteiger partial charge in [0.25, 0.3) is 0 Å². The van der Waals surface area contributed by atoms with Crippen molar-refractivity contribution >= 4 is 0 Å². The molecule has 0 amide bonds. The van der Waals surface area contributed by atoms with E-state index in [-0.39, 0.29) is 57.2 Å². The molecule has 0 bridgehead atoms. The van der Waals surface area contributed by atoms with Crippen LogP contribution in [0.1, 0.15) is 0 Å². The average molecular weight is 245 g/mol. The predicted molar refractivity (Wildman–Crippen MR) is 44.1 cm³/mol. The molecule has 0 spiro atoms. The Morgan fingerprint density at radius 3 is 0.846 bits per heavy atom. The topological polar surface area (TPSA) is 0 Å². The first-order valence-electron chi connectivity index (χ1n) is 3.33. The van der Waals surface area contributed by atoms with Crippen molar-refractivity contribution in [3.63, 3.8) is 0 Å². The molecule has 0 nitrogen and oxygen atoms in total. The van der Waals surface area contributed by atoms with E-state index in [1.54, 1.807) is 0 Å². The minimum absolute atomic E-state index is 0. The zero-order valence-corrected chi connectivity index (χ0v) is 9.87. The van der Waals surface area contributed by atoms with Gasteiger partial charge >= 0.3 is 37.7 Å². The van der Waals surface area contributed by atoms with Crippen LogP contribution in [0.3, 0.4) is 0 Å². The van der Waals surface area contributed by atoms with E-state index in [2.05, 4.69) is 0 Å². The molecule has 2 aromatic carbocycles. The molecular weight excluding hydrogens is 235 g/mol. The summed E-state index contributed by atoms with van der Waals surface area (Å²) in [6.45, 7) is 0. The maximum absolute atomic E-state index is 2.00. The molecule has 13 heavy (non-hydrogen) atoms. The third kappa shape index (κ3) is 12.5. The van der Waals surface area contributed by atoms with Crippen LogP contribution in [0.5, 0.6) is 0 Å². The van der Waals surface area contributed by atoms with Crippen molar-refractivity contribution in [3.8, 4) is 0 Å². The Morgan fingerprint density at radius 1 is 0.538 bits per heavy atom. The molecule has 0 aliphatic carbocycles. The fourth-order valence-electron chi connectivity index (χ4n) is 0.642. The molecular formula is C10H10Li2Ru. The van der Waals surface area contributed by atoms with Crippen molar-refractivity contribution in [1.82, 2.24) is 0 Å². The van der Waals surface area contributed by atoms with Gasteiger partial charge in [0.2, 0.25) is 0 Å².